The molecular formula is C15H21N3O6. The third kappa shape index (κ3) is 5.84. The Morgan fingerprint density at radius 3 is 2.54 bits per heavy atom. The van der Waals surface area contributed by atoms with E-state index in [1.165, 1.54) is 23.5 Å². The first-order chi connectivity index (χ1) is 11.2. The minimum absolute atomic E-state index is 0.0184. The van der Waals surface area contributed by atoms with Crippen LogP contribution >= 0.6 is 0 Å². The maximum absolute atomic E-state index is 12.0. The molecule has 132 valence electrons. The molecule has 0 fully saturated rings. The second kappa shape index (κ2) is 8.82. The zero-order chi connectivity index (χ0) is 18.3. The van der Waals surface area contributed by atoms with Crippen LogP contribution in [0.2, 0.25) is 0 Å². The number of hydrogen-bond donors (Lipinski definition) is 2. The minimum Gasteiger partial charge on any atom is -0.544 e. The number of anilines is 1. The van der Waals surface area contributed by atoms with Crippen LogP contribution < -0.4 is 20.5 Å². The van der Waals surface area contributed by atoms with Crippen LogP contribution in [0.15, 0.2) is 18.2 Å². The van der Waals surface area contributed by atoms with Crippen molar-refractivity contribution in [3.8, 4) is 5.75 Å². The number of carboxylic acid groups (broad SMARTS) is 1. The molecule has 24 heavy (non-hydrogen) atoms. The monoisotopic (exact) mass is 339 g/mol. The number of amides is 1. The second-order valence-electron chi connectivity index (χ2n) is 5.48. The topological polar surface area (TPSA) is 138 Å². The molecule has 0 aliphatic heterocycles. The van der Waals surface area contributed by atoms with Crippen LogP contribution in [0.25, 0.3) is 0 Å². The molecule has 0 unspecified atom stereocenters. The zero-order valence-electron chi connectivity index (χ0n) is 13.8. The van der Waals surface area contributed by atoms with E-state index < -0.39 is 22.8 Å². The predicted molar refractivity (Wildman–Crippen MR) is 83.4 cm³/mol. The lowest BCUT2D eigenvalue weighted by molar-refractivity contribution is -0.708. The molecule has 0 spiro atoms. The van der Waals surface area contributed by atoms with Crippen molar-refractivity contribution in [3.05, 3.63) is 28.3 Å². The lowest BCUT2D eigenvalue weighted by Gasteiger charge is -2.18. The number of nitro benzene ring substituents is 1. The maximum atomic E-state index is 12.0. The van der Waals surface area contributed by atoms with E-state index in [2.05, 4.69) is 5.32 Å². The molecule has 1 aromatic carbocycles. The van der Waals surface area contributed by atoms with Gasteiger partial charge in [-0.3, -0.25) is 14.9 Å². The van der Waals surface area contributed by atoms with E-state index in [1.54, 1.807) is 20.8 Å². The maximum Gasteiger partial charge on any atom is 0.296 e. The Bertz CT molecular complexity index is 617. The SMILES string of the molecule is CCOc1ccc(NC(=O)C[C@@H]([NH2+]C(C)C)C(=O)[O-])c([N+](=O)[O-])c1. The lowest BCUT2D eigenvalue weighted by Crippen LogP contribution is -2.96. The van der Waals surface area contributed by atoms with Gasteiger partial charge in [-0.25, -0.2) is 0 Å². The van der Waals surface area contributed by atoms with Crippen LogP contribution in [0.1, 0.15) is 27.2 Å². The number of rotatable bonds is 9. The van der Waals surface area contributed by atoms with Crippen LogP contribution in [0.5, 0.6) is 5.75 Å². The van der Waals surface area contributed by atoms with E-state index in [0.29, 0.717) is 12.4 Å². The molecule has 0 heterocycles. The number of nitrogens with zero attached hydrogens (tertiary/aromatic N) is 1. The van der Waals surface area contributed by atoms with Gasteiger partial charge in [0.1, 0.15) is 17.5 Å². The molecule has 9 nitrogen and oxygen atoms in total. The number of hydrogen-bond acceptors (Lipinski definition) is 6. The summed E-state index contributed by atoms with van der Waals surface area (Å²) in [5.74, 6) is -1.70. The molecule has 0 aromatic heterocycles. The van der Waals surface area contributed by atoms with Crippen molar-refractivity contribution < 1.29 is 29.7 Å². The fourth-order valence-electron chi connectivity index (χ4n) is 2.12. The molecule has 9 heteroatoms. The molecule has 0 bridgehead atoms. The van der Waals surface area contributed by atoms with Gasteiger partial charge in [-0.2, -0.15) is 0 Å². The summed E-state index contributed by atoms with van der Waals surface area (Å²) < 4.78 is 5.19. The summed E-state index contributed by atoms with van der Waals surface area (Å²) in [6.07, 6.45) is -0.356. The number of quaternary nitrogens is 1. The number of ether oxygens (including phenoxy) is 1. The normalized spacial score (nSPS) is 11.8. The molecule has 0 aliphatic carbocycles. The Morgan fingerprint density at radius 1 is 1.38 bits per heavy atom. The quantitative estimate of drug-likeness (QED) is 0.455. The number of aliphatic carboxylic acids is 1. The summed E-state index contributed by atoms with van der Waals surface area (Å²) in [4.78, 5) is 33.6. The van der Waals surface area contributed by atoms with Gasteiger partial charge in [-0.05, 0) is 32.9 Å². The smallest absolute Gasteiger partial charge is 0.296 e. The Hall–Kier alpha value is -2.68. The predicted octanol–water partition coefficient (Wildman–Crippen LogP) is -0.588. The van der Waals surface area contributed by atoms with Crippen molar-refractivity contribution in [1.82, 2.24) is 0 Å². The lowest BCUT2D eigenvalue weighted by atomic mass is 10.1. The van der Waals surface area contributed by atoms with Gasteiger partial charge in [-0.1, -0.05) is 0 Å². The zero-order valence-corrected chi connectivity index (χ0v) is 13.8. The molecule has 0 aliphatic rings. The van der Waals surface area contributed by atoms with Crippen molar-refractivity contribution in [1.29, 1.82) is 0 Å². The first kappa shape index (κ1) is 19.4. The van der Waals surface area contributed by atoms with Gasteiger partial charge < -0.3 is 25.3 Å². The Kier molecular flexibility index (Phi) is 7.12. The van der Waals surface area contributed by atoms with Gasteiger partial charge in [0, 0.05) is 0 Å². The van der Waals surface area contributed by atoms with Gasteiger partial charge >= 0.3 is 0 Å². The largest absolute Gasteiger partial charge is 0.544 e. The average Bonchev–Trinajstić information content (AvgIpc) is 2.47. The third-order valence-corrected chi connectivity index (χ3v) is 3.08. The van der Waals surface area contributed by atoms with Crippen molar-refractivity contribution in [2.24, 2.45) is 0 Å². The van der Waals surface area contributed by atoms with Crippen LogP contribution in [0.3, 0.4) is 0 Å². The summed E-state index contributed by atoms with van der Waals surface area (Å²) in [5, 5.41) is 26.1. The van der Waals surface area contributed by atoms with Crippen LogP contribution in [0.4, 0.5) is 11.4 Å². The van der Waals surface area contributed by atoms with Crippen LogP contribution in [-0.4, -0.2) is 35.5 Å². The summed E-state index contributed by atoms with van der Waals surface area (Å²) >= 11 is 0. The molecule has 1 aromatic rings. The number of nitrogens with two attached hydrogens (primary N) is 1. The fourth-order valence-corrected chi connectivity index (χ4v) is 2.12. The number of carbonyl (C=O) groups is 2. The molecule has 1 rings (SSSR count). The number of benzene rings is 1. The van der Waals surface area contributed by atoms with Gasteiger partial charge in [-0.15, -0.1) is 0 Å². The van der Waals surface area contributed by atoms with Crippen molar-refractivity contribution >= 4 is 23.3 Å². The molecule has 0 saturated heterocycles. The van der Waals surface area contributed by atoms with Crippen molar-refractivity contribution in [2.45, 2.75) is 39.3 Å². The van der Waals surface area contributed by atoms with E-state index in [9.17, 15) is 24.8 Å². The first-order valence-electron chi connectivity index (χ1n) is 7.51. The van der Waals surface area contributed by atoms with Gasteiger partial charge in [0.2, 0.25) is 5.91 Å². The molecular weight excluding hydrogens is 318 g/mol. The van der Waals surface area contributed by atoms with Gasteiger partial charge in [0.25, 0.3) is 5.69 Å². The standard InChI is InChI=1S/C15H21N3O6/c1-4-24-10-5-6-11(13(7-10)18(22)23)17-14(19)8-12(15(20)21)16-9(2)3/h5-7,9,12,16H,4,8H2,1-3H3,(H,17,19)(H,20,21)/t12-/m1/s1. The van der Waals surface area contributed by atoms with Crippen LogP contribution in [-0.2, 0) is 9.59 Å². The number of carbonyl (C=O) groups excluding carboxylic acids is 2. The first-order valence-corrected chi connectivity index (χ1v) is 7.51. The Morgan fingerprint density at radius 2 is 2.04 bits per heavy atom. The third-order valence-electron chi connectivity index (χ3n) is 3.08. The molecule has 3 N–H and O–H groups in total. The highest BCUT2D eigenvalue weighted by Crippen LogP contribution is 2.29. The Labute approximate surface area is 139 Å². The van der Waals surface area contributed by atoms with Gasteiger partial charge in [0.15, 0.2) is 0 Å². The number of carboxylic acids is 1. The summed E-state index contributed by atoms with van der Waals surface area (Å²) in [6, 6.07) is 2.94. The molecule has 1 amide bonds. The molecule has 1 atom stereocenters. The van der Waals surface area contributed by atoms with E-state index in [1.807, 2.05) is 0 Å². The molecule has 0 radical (unpaired) electrons. The van der Waals surface area contributed by atoms with Crippen LogP contribution in [0, 0.1) is 10.1 Å². The number of nitrogens with one attached hydrogen (secondary N) is 1. The summed E-state index contributed by atoms with van der Waals surface area (Å²) in [5.41, 5.74) is -0.345. The molecule has 0 saturated carbocycles. The van der Waals surface area contributed by atoms with Crippen molar-refractivity contribution in [3.63, 3.8) is 0 Å². The highest BCUT2D eigenvalue weighted by Gasteiger charge is 2.22. The van der Waals surface area contributed by atoms with E-state index in [4.69, 9.17) is 4.74 Å². The Balaban J connectivity index is 2.89. The van der Waals surface area contributed by atoms with E-state index in [-0.39, 0.29) is 23.8 Å². The fraction of sp³-hybridized carbons (Fsp3) is 0.467. The average molecular weight is 339 g/mol. The second-order valence-corrected chi connectivity index (χ2v) is 5.48. The highest BCUT2D eigenvalue weighted by molar-refractivity contribution is 5.95. The van der Waals surface area contributed by atoms with Crippen molar-refractivity contribution in [2.75, 3.05) is 11.9 Å². The van der Waals surface area contributed by atoms with E-state index in [0.717, 1.165) is 0 Å². The summed E-state index contributed by atoms with van der Waals surface area (Å²) in [7, 11) is 0. The number of nitro groups is 1. The summed E-state index contributed by atoms with van der Waals surface area (Å²) in [6.45, 7) is 5.66. The van der Waals surface area contributed by atoms with Gasteiger partial charge in [0.05, 0.1) is 36.0 Å². The highest BCUT2D eigenvalue weighted by atomic mass is 16.6. The van der Waals surface area contributed by atoms with E-state index >= 15 is 0 Å². The minimum atomic E-state index is -1.36.